The first-order valence-electron chi connectivity index (χ1n) is 4.92. The quantitative estimate of drug-likeness (QED) is 0.727. The Morgan fingerprint density at radius 1 is 1.50 bits per heavy atom. The van der Waals surface area contributed by atoms with Crippen LogP contribution in [0.15, 0.2) is 18.2 Å². The average Bonchev–Trinajstić information content (AvgIpc) is 2.18. The second kappa shape index (κ2) is 5.73. The molecular formula is C11H18N2O. The van der Waals surface area contributed by atoms with Crippen molar-refractivity contribution in [2.75, 3.05) is 13.7 Å². The molecule has 1 atom stereocenters. The molecule has 1 aromatic rings. The van der Waals surface area contributed by atoms with Crippen molar-refractivity contribution >= 4 is 0 Å². The van der Waals surface area contributed by atoms with Gasteiger partial charge in [0.1, 0.15) is 0 Å². The number of nitrogens with zero attached hydrogens (tertiary/aromatic N) is 1. The van der Waals surface area contributed by atoms with Crippen molar-refractivity contribution in [2.45, 2.75) is 25.8 Å². The second-order valence-electron chi connectivity index (χ2n) is 3.45. The summed E-state index contributed by atoms with van der Waals surface area (Å²) in [6, 6.07) is 5.98. The van der Waals surface area contributed by atoms with E-state index in [0.717, 1.165) is 30.8 Å². The van der Waals surface area contributed by atoms with Crippen LogP contribution in [0.2, 0.25) is 0 Å². The van der Waals surface area contributed by atoms with Crippen LogP contribution in [0.25, 0.3) is 0 Å². The predicted octanol–water partition coefficient (Wildman–Crippen LogP) is 1.82. The van der Waals surface area contributed by atoms with E-state index in [-0.39, 0.29) is 6.04 Å². The summed E-state index contributed by atoms with van der Waals surface area (Å²) in [6.45, 7) is 2.74. The fourth-order valence-electron chi connectivity index (χ4n) is 1.37. The van der Waals surface area contributed by atoms with Crippen LogP contribution in [-0.2, 0) is 4.74 Å². The fraction of sp³-hybridized carbons (Fsp3) is 0.545. The van der Waals surface area contributed by atoms with E-state index in [4.69, 9.17) is 10.5 Å². The minimum atomic E-state index is 0.0325. The maximum atomic E-state index is 5.99. The molecule has 0 spiro atoms. The van der Waals surface area contributed by atoms with Crippen LogP contribution in [0.1, 0.15) is 30.3 Å². The third-order valence-electron chi connectivity index (χ3n) is 2.15. The largest absolute Gasteiger partial charge is 0.385 e. The zero-order valence-electron chi connectivity index (χ0n) is 8.86. The molecule has 2 N–H and O–H groups in total. The molecule has 0 aliphatic carbocycles. The number of methoxy groups -OCH3 is 1. The highest BCUT2D eigenvalue weighted by Gasteiger charge is 2.06. The molecule has 0 saturated heterocycles. The third kappa shape index (κ3) is 3.44. The number of ether oxygens (including phenoxy) is 1. The van der Waals surface area contributed by atoms with E-state index in [1.54, 1.807) is 7.11 Å². The minimum Gasteiger partial charge on any atom is -0.385 e. The summed E-state index contributed by atoms with van der Waals surface area (Å²) in [5, 5.41) is 0. The lowest BCUT2D eigenvalue weighted by Crippen LogP contribution is -2.13. The molecule has 0 fully saturated rings. The molecule has 0 aromatic carbocycles. The summed E-state index contributed by atoms with van der Waals surface area (Å²) < 4.78 is 4.98. The number of rotatable bonds is 5. The highest BCUT2D eigenvalue weighted by Crippen LogP contribution is 2.13. The van der Waals surface area contributed by atoms with Gasteiger partial charge >= 0.3 is 0 Å². The molecule has 0 amide bonds. The summed E-state index contributed by atoms with van der Waals surface area (Å²) in [4.78, 5) is 4.39. The average molecular weight is 194 g/mol. The summed E-state index contributed by atoms with van der Waals surface area (Å²) in [6.07, 6.45) is 1.90. The van der Waals surface area contributed by atoms with Crippen molar-refractivity contribution in [3.63, 3.8) is 0 Å². The smallest absolute Gasteiger partial charge is 0.0574 e. The zero-order chi connectivity index (χ0) is 10.4. The SMILES string of the molecule is COCCCC(N)c1cccc(C)n1. The molecule has 3 nitrogen and oxygen atoms in total. The molecule has 1 aromatic heterocycles. The van der Waals surface area contributed by atoms with Crippen LogP contribution in [0, 0.1) is 6.92 Å². The van der Waals surface area contributed by atoms with Crippen molar-refractivity contribution < 1.29 is 4.74 Å². The van der Waals surface area contributed by atoms with Gasteiger partial charge in [-0.25, -0.2) is 0 Å². The molecule has 3 heteroatoms. The van der Waals surface area contributed by atoms with E-state index in [1.165, 1.54) is 0 Å². The Hall–Kier alpha value is -0.930. The van der Waals surface area contributed by atoms with E-state index < -0.39 is 0 Å². The molecule has 0 aliphatic rings. The van der Waals surface area contributed by atoms with Gasteiger partial charge in [-0.3, -0.25) is 4.98 Å². The fourth-order valence-corrected chi connectivity index (χ4v) is 1.37. The van der Waals surface area contributed by atoms with Gasteiger partial charge in [0.05, 0.1) is 5.69 Å². The Kier molecular flexibility index (Phi) is 4.56. The van der Waals surface area contributed by atoms with Crippen LogP contribution < -0.4 is 5.73 Å². The third-order valence-corrected chi connectivity index (χ3v) is 2.15. The molecule has 0 saturated carbocycles. The molecule has 78 valence electrons. The summed E-state index contributed by atoms with van der Waals surface area (Å²) in [5.74, 6) is 0. The lowest BCUT2D eigenvalue weighted by atomic mass is 10.1. The van der Waals surface area contributed by atoms with Crippen LogP contribution >= 0.6 is 0 Å². The van der Waals surface area contributed by atoms with Gasteiger partial charge in [-0.15, -0.1) is 0 Å². The van der Waals surface area contributed by atoms with E-state index in [0.29, 0.717) is 0 Å². The summed E-state index contributed by atoms with van der Waals surface area (Å²) >= 11 is 0. The Labute approximate surface area is 85.3 Å². The first-order valence-corrected chi connectivity index (χ1v) is 4.92. The predicted molar refractivity (Wildman–Crippen MR) is 57.0 cm³/mol. The highest BCUT2D eigenvalue weighted by atomic mass is 16.5. The van der Waals surface area contributed by atoms with E-state index in [9.17, 15) is 0 Å². The maximum absolute atomic E-state index is 5.99. The number of pyridine rings is 1. The van der Waals surface area contributed by atoms with Crippen molar-refractivity contribution in [3.05, 3.63) is 29.6 Å². The lowest BCUT2D eigenvalue weighted by Gasteiger charge is -2.10. The first-order chi connectivity index (χ1) is 6.74. The number of aryl methyl sites for hydroxylation is 1. The molecule has 14 heavy (non-hydrogen) atoms. The molecule has 0 radical (unpaired) electrons. The number of aromatic nitrogens is 1. The Morgan fingerprint density at radius 3 is 2.93 bits per heavy atom. The normalized spacial score (nSPS) is 12.8. The Bertz CT molecular complexity index is 276. The van der Waals surface area contributed by atoms with Crippen LogP contribution in [-0.4, -0.2) is 18.7 Å². The zero-order valence-corrected chi connectivity index (χ0v) is 8.86. The molecule has 0 bridgehead atoms. The van der Waals surface area contributed by atoms with Gasteiger partial charge in [0, 0.05) is 25.5 Å². The lowest BCUT2D eigenvalue weighted by molar-refractivity contribution is 0.190. The second-order valence-corrected chi connectivity index (χ2v) is 3.45. The monoisotopic (exact) mass is 194 g/mol. The standard InChI is InChI=1S/C11H18N2O/c1-9-5-3-7-11(13-9)10(12)6-4-8-14-2/h3,5,7,10H,4,6,8,12H2,1-2H3. The molecular weight excluding hydrogens is 176 g/mol. The van der Waals surface area contributed by atoms with E-state index >= 15 is 0 Å². The molecule has 1 rings (SSSR count). The van der Waals surface area contributed by atoms with Crippen molar-refractivity contribution in [1.82, 2.24) is 4.98 Å². The molecule has 0 aliphatic heterocycles. The summed E-state index contributed by atoms with van der Waals surface area (Å²) in [7, 11) is 1.70. The van der Waals surface area contributed by atoms with E-state index in [1.807, 2.05) is 25.1 Å². The number of hydrogen-bond donors (Lipinski definition) is 1. The van der Waals surface area contributed by atoms with E-state index in [2.05, 4.69) is 4.98 Å². The van der Waals surface area contributed by atoms with Gasteiger partial charge in [-0.1, -0.05) is 6.07 Å². The molecule has 1 heterocycles. The Morgan fingerprint density at radius 2 is 2.29 bits per heavy atom. The first kappa shape index (κ1) is 11.1. The van der Waals surface area contributed by atoms with Gasteiger partial charge in [0.25, 0.3) is 0 Å². The van der Waals surface area contributed by atoms with Crippen molar-refractivity contribution in [2.24, 2.45) is 5.73 Å². The van der Waals surface area contributed by atoms with Crippen molar-refractivity contribution in [3.8, 4) is 0 Å². The number of hydrogen-bond acceptors (Lipinski definition) is 3. The van der Waals surface area contributed by atoms with Crippen LogP contribution in [0.3, 0.4) is 0 Å². The summed E-state index contributed by atoms with van der Waals surface area (Å²) in [5.41, 5.74) is 7.98. The van der Waals surface area contributed by atoms with Gasteiger partial charge in [0.2, 0.25) is 0 Å². The van der Waals surface area contributed by atoms with Gasteiger partial charge in [-0.2, -0.15) is 0 Å². The van der Waals surface area contributed by atoms with Crippen LogP contribution in [0.5, 0.6) is 0 Å². The molecule has 1 unspecified atom stereocenters. The Balaban J connectivity index is 2.47. The van der Waals surface area contributed by atoms with Gasteiger partial charge in [-0.05, 0) is 31.9 Å². The van der Waals surface area contributed by atoms with Gasteiger partial charge < -0.3 is 10.5 Å². The van der Waals surface area contributed by atoms with Gasteiger partial charge in [0.15, 0.2) is 0 Å². The van der Waals surface area contributed by atoms with Crippen molar-refractivity contribution in [1.29, 1.82) is 0 Å². The maximum Gasteiger partial charge on any atom is 0.0574 e. The van der Waals surface area contributed by atoms with Crippen LogP contribution in [0.4, 0.5) is 0 Å². The highest BCUT2D eigenvalue weighted by molar-refractivity contribution is 5.12. The minimum absolute atomic E-state index is 0.0325. The number of nitrogens with two attached hydrogens (primary N) is 1. The topological polar surface area (TPSA) is 48.1 Å².